The zero-order chi connectivity index (χ0) is 21.5. The summed E-state index contributed by atoms with van der Waals surface area (Å²) in [4.78, 5) is 9.58. The van der Waals surface area contributed by atoms with Crippen LogP contribution in [0, 0.1) is 5.82 Å². The molecule has 4 rings (SSSR count). The van der Waals surface area contributed by atoms with Gasteiger partial charge in [-0.3, -0.25) is 4.90 Å². The molecule has 0 aliphatic carbocycles. The van der Waals surface area contributed by atoms with Crippen LogP contribution in [-0.2, 0) is 4.74 Å². The van der Waals surface area contributed by atoms with Crippen molar-refractivity contribution in [1.29, 1.82) is 0 Å². The molecule has 2 heterocycles. The van der Waals surface area contributed by atoms with Crippen LogP contribution in [0.1, 0.15) is 13.3 Å². The number of anilines is 2. The highest BCUT2D eigenvalue weighted by Gasteiger charge is 2.16. The Hall–Kier alpha value is -2.48. The van der Waals surface area contributed by atoms with Crippen molar-refractivity contribution in [2.75, 3.05) is 50.9 Å². The molecule has 7 heteroatoms. The number of hydrogen-bond acceptors (Lipinski definition) is 6. The Morgan fingerprint density at radius 3 is 2.55 bits per heavy atom. The van der Waals surface area contributed by atoms with Gasteiger partial charge in [0.05, 0.1) is 25.5 Å². The van der Waals surface area contributed by atoms with Crippen molar-refractivity contribution in [3.8, 4) is 17.0 Å². The van der Waals surface area contributed by atoms with Crippen LogP contribution in [0.2, 0.25) is 0 Å². The summed E-state index contributed by atoms with van der Waals surface area (Å²) in [5.41, 5.74) is 2.87. The Morgan fingerprint density at radius 1 is 1.10 bits per heavy atom. The molecule has 0 radical (unpaired) electrons. The average molecular weight is 442 g/mol. The Morgan fingerprint density at radius 2 is 1.84 bits per heavy atom. The van der Waals surface area contributed by atoms with Gasteiger partial charge in [-0.05, 0) is 61.9 Å². The predicted molar refractivity (Wildman–Crippen MR) is 124 cm³/mol. The van der Waals surface area contributed by atoms with Gasteiger partial charge in [0.15, 0.2) is 5.13 Å². The summed E-state index contributed by atoms with van der Waals surface area (Å²) in [5.74, 6) is 0.629. The SMILES string of the molecule is CCOc1ccc(N(CCCN2CCOCC2)c2nc(-c3ccc(F)cc3)cs2)cc1. The number of benzene rings is 2. The standard InChI is InChI=1S/C24H28FN3O2S/c1-2-30-22-10-8-21(9-11-22)28(13-3-12-27-14-16-29-17-15-27)24-26-23(18-31-24)19-4-6-20(25)7-5-19/h4-11,18H,2-3,12-17H2,1H3. The van der Waals surface area contributed by atoms with E-state index in [1.54, 1.807) is 23.5 Å². The Balaban J connectivity index is 1.51. The number of rotatable bonds is 9. The van der Waals surface area contributed by atoms with Gasteiger partial charge in [0.1, 0.15) is 11.6 Å². The largest absolute Gasteiger partial charge is 0.494 e. The third kappa shape index (κ3) is 5.81. The molecule has 0 spiro atoms. The van der Waals surface area contributed by atoms with Crippen LogP contribution in [0.25, 0.3) is 11.3 Å². The second kappa shape index (κ2) is 10.7. The fourth-order valence-corrected chi connectivity index (χ4v) is 4.52. The highest BCUT2D eigenvalue weighted by atomic mass is 32.1. The third-order valence-electron chi connectivity index (χ3n) is 5.28. The maximum absolute atomic E-state index is 13.3. The van der Waals surface area contributed by atoms with Crippen LogP contribution < -0.4 is 9.64 Å². The molecule has 1 saturated heterocycles. The van der Waals surface area contributed by atoms with Crippen LogP contribution >= 0.6 is 11.3 Å². The van der Waals surface area contributed by atoms with Gasteiger partial charge in [0.25, 0.3) is 0 Å². The Labute approximate surface area is 187 Å². The van der Waals surface area contributed by atoms with E-state index in [0.29, 0.717) is 6.61 Å². The van der Waals surface area contributed by atoms with Gasteiger partial charge in [-0.1, -0.05) is 0 Å². The van der Waals surface area contributed by atoms with Crippen LogP contribution in [-0.4, -0.2) is 55.9 Å². The molecule has 1 fully saturated rings. The van der Waals surface area contributed by atoms with Crippen molar-refractivity contribution >= 4 is 22.2 Å². The minimum absolute atomic E-state index is 0.238. The molecule has 0 unspecified atom stereocenters. The summed E-state index contributed by atoms with van der Waals surface area (Å²) in [5, 5.41) is 2.97. The molecule has 31 heavy (non-hydrogen) atoms. The van der Waals surface area contributed by atoms with E-state index in [-0.39, 0.29) is 5.82 Å². The normalized spacial score (nSPS) is 14.5. The fraction of sp³-hybridized carbons (Fsp3) is 0.375. The van der Waals surface area contributed by atoms with Gasteiger partial charge < -0.3 is 14.4 Å². The van der Waals surface area contributed by atoms with E-state index in [0.717, 1.165) is 73.6 Å². The van der Waals surface area contributed by atoms with Crippen molar-refractivity contribution < 1.29 is 13.9 Å². The van der Waals surface area contributed by atoms with Crippen LogP contribution in [0.3, 0.4) is 0 Å². The smallest absolute Gasteiger partial charge is 0.190 e. The number of halogens is 1. The summed E-state index contributed by atoms with van der Waals surface area (Å²) in [6, 6.07) is 14.7. The highest BCUT2D eigenvalue weighted by Crippen LogP contribution is 2.33. The monoisotopic (exact) mass is 441 g/mol. The third-order valence-corrected chi connectivity index (χ3v) is 6.15. The molecule has 0 saturated carbocycles. The Bertz CT molecular complexity index is 940. The molecule has 0 atom stereocenters. The molecule has 5 nitrogen and oxygen atoms in total. The van der Waals surface area contributed by atoms with Gasteiger partial charge >= 0.3 is 0 Å². The minimum Gasteiger partial charge on any atom is -0.494 e. The van der Waals surface area contributed by atoms with Crippen molar-refractivity contribution in [3.63, 3.8) is 0 Å². The lowest BCUT2D eigenvalue weighted by Crippen LogP contribution is -2.37. The highest BCUT2D eigenvalue weighted by molar-refractivity contribution is 7.14. The van der Waals surface area contributed by atoms with Crippen LogP contribution in [0.4, 0.5) is 15.2 Å². The zero-order valence-corrected chi connectivity index (χ0v) is 18.6. The van der Waals surface area contributed by atoms with Crippen molar-refractivity contribution in [2.45, 2.75) is 13.3 Å². The van der Waals surface area contributed by atoms with E-state index < -0.39 is 0 Å². The Kier molecular flexibility index (Phi) is 7.51. The second-order valence-electron chi connectivity index (χ2n) is 7.41. The van der Waals surface area contributed by atoms with E-state index in [1.807, 2.05) is 24.4 Å². The van der Waals surface area contributed by atoms with Gasteiger partial charge in [-0.25, -0.2) is 9.37 Å². The number of morpholine rings is 1. The summed E-state index contributed by atoms with van der Waals surface area (Å²) in [7, 11) is 0. The van der Waals surface area contributed by atoms with E-state index in [9.17, 15) is 4.39 Å². The lowest BCUT2D eigenvalue weighted by Gasteiger charge is -2.28. The molecular weight excluding hydrogens is 413 g/mol. The topological polar surface area (TPSA) is 37.8 Å². The first-order chi connectivity index (χ1) is 15.2. The van der Waals surface area contributed by atoms with Gasteiger partial charge in [0, 0.05) is 42.8 Å². The second-order valence-corrected chi connectivity index (χ2v) is 8.24. The number of aromatic nitrogens is 1. The molecular formula is C24H28FN3O2S. The van der Waals surface area contributed by atoms with E-state index in [1.165, 1.54) is 12.1 Å². The van der Waals surface area contributed by atoms with Crippen LogP contribution in [0.15, 0.2) is 53.9 Å². The maximum Gasteiger partial charge on any atom is 0.190 e. The van der Waals surface area contributed by atoms with Crippen molar-refractivity contribution in [3.05, 3.63) is 59.7 Å². The molecule has 1 aliphatic rings. The zero-order valence-electron chi connectivity index (χ0n) is 17.8. The number of ether oxygens (including phenoxy) is 2. The van der Waals surface area contributed by atoms with Gasteiger partial charge in [-0.15, -0.1) is 11.3 Å². The molecule has 1 aromatic heterocycles. The average Bonchev–Trinajstić information content (AvgIpc) is 3.29. The first-order valence-corrected chi connectivity index (χ1v) is 11.6. The molecule has 0 amide bonds. The summed E-state index contributed by atoms with van der Waals surface area (Å²) >= 11 is 1.61. The molecule has 1 aliphatic heterocycles. The predicted octanol–water partition coefficient (Wildman–Crippen LogP) is 5.21. The summed E-state index contributed by atoms with van der Waals surface area (Å²) < 4.78 is 24.3. The number of thiazole rings is 1. The molecule has 0 bridgehead atoms. The van der Waals surface area contributed by atoms with Crippen molar-refractivity contribution in [1.82, 2.24) is 9.88 Å². The maximum atomic E-state index is 13.3. The fourth-order valence-electron chi connectivity index (χ4n) is 3.64. The van der Waals surface area contributed by atoms with Gasteiger partial charge in [0.2, 0.25) is 0 Å². The molecule has 3 aromatic rings. The van der Waals surface area contributed by atoms with E-state index in [2.05, 4.69) is 21.9 Å². The first-order valence-electron chi connectivity index (χ1n) is 10.7. The summed E-state index contributed by atoms with van der Waals surface area (Å²) in [6.45, 7) is 8.15. The number of hydrogen-bond donors (Lipinski definition) is 0. The molecule has 2 aromatic carbocycles. The summed E-state index contributed by atoms with van der Waals surface area (Å²) in [6.07, 6.45) is 1.03. The molecule has 164 valence electrons. The first kappa shape index (κ1) is 21.7. The van der Waals surface area contributed by atoms with Crippen molar-refractivity contribution in [2.24, 2.45) is 0 Å². The van der Waals surface area contributed by atoms with Gasteiger partial charge in [-0.2, -0.15) is 0 Å². The lowest BCUT2D eigenvalue weighted by molar-refractivity contribution is 0.0377. The van der Waals surface area contributed by atoms with Crippen LogP contribution in [0.5, 0.6) is 5.75 Å². The van der Waals surface area contributed by atoms with E-state index in [4.69, 9.17) is 14.5 Å². The molecule has 0 N–H and O–H groups in total. The van der Waals surface area contributed by atoms with E-state index >= 15 is 0 Å². The quantitative estimate of drug-likeness (QED) is 0.456. The number of nitrogens with zero attached hydrogens (tertiary/aromatic N) is 3. The minimum atomic E-state index is -0.238. The lowest BCUT2D eigenvalue weighted by atomic mass is 10.2.